The summed E-state index contributed by atoms with van der Waals surface area (Å²) in [5.41, 5.74) is 3.44. The highest BCUT2D eigenvalue weighted by Crippen LogP contribution is 2.30. The summed E-state index contributed by atoms with van der Waals surface area (Å²) in [6.07, 6.45) is 3.27. The highest BCUT2D eigenvalue weighted by Gasteiger charge is 2.23. The van der Waals surface area contributed by atoms with Crippen molar-refractivity contribution in [3.63, 3.8) is 0 Å². The molecule has 1 aliphatic rings. The van der Waals surface area contributed by atoms with Crippen LogP contribution in [0.15, 0.2) is 36.5 Å². The predicted molar refractivity (Wildman–Crippen MR) is 66.5 cm³/mol. The summed E-state index contributed by atoms with van der Waals surface area (Å²) in [7, 11) is 5.70. The Morgan fingerprint density at radius 3 is 2.94 bits per heavy atom. The second-order valence-electron chi connectivity index (χ2n) is 4.14. The molecule has 0 amide bonds. The van der Waals surface area contributed by atoms with E-state index in [1.165, 1.54) is 5.69 Å². The van der Waals surface area contributed by atoms with E-state index >= 15 is 0 Å². The molecule has 3 rings (SSSR count). The maximum absolute atomic E-state index is 5.70. The van der Waals surface area contributed by atoms with Gasteiger partial charge in [0.1, 0.15) is 0 Å². The molecule has 1 atom stereocenters. The molecule has 0 N–H and O–H groups in total. The van der Waals surface area contributed by atoms with Crippen LogP contribution in [-0.4, -0.2) is 24.2 Å². The number of nitrogens with zero attached hydrogens (tertiary/aromatic N) is 2. The number of para-hydroxylation sites is 1. The van der Waals surface area contributed by atoms with Crippen molar-refractivity contribution in [3.05, 3.63) is 47.8 Å². The quantitative estimate of drug-likeness (QED) is 0.730. The fraction of sp³-hybridized carbons (Fsp3) is 0.308. The molecule has 0 fully saturated rings. The molecule has 0 saturated heterocycles. The van der Waals surface area contributed by atoms with Gasteiger partial charge in [0.25, 0.3) is 0 Å². The predicted octanol–water partition coefficient (Wildman–Crippen LogP) is 2.07. The Morgan fingerprint density at radius 1 is 1.35 bits per heavy atom. The van der Waals surface area contributed by atoms with Gasteiger partial charge in [-0.3, -0.25) is 0 Å². The number of fused-ring (bicyclic) bond motifs is 1. The summed E-state index contributed by atoms with van der Waals surface area (Å²) >= 11 is 0. The summed E-state index contributed by atoms with van der Waals surface area (Å²) in [4.78, 5) is 0. The van der Waals surface area contributed by atoms with Gasteiger partial charge in [-0.2, -0.15) is 5.10 Å². The normalized spacial score (nSPS) is 18.9. The third kappa shape index (κ3) is 1.78. The summed E-state index contributed by atoms with van der Waals surface area (Å²) in [5, 5.41) is 4.45. The first kappa shape index (κ1) is 10.6. The standard InChI is InChI=1S/C13H13BN2O/c14-8-13-11-9-15-16(12(11)6-7-17-13)10-4-2-1-3-5-10/h1-5,9,13H,6-8H2. The first-order valence-corrected chi connectivity index (χ1v) is 5.84. The molecule has 4 heteroatoms. The van der Waals surface area contributed by atoms with Crippen molar-refractivity contribution in [1.29, 1.82) is 0 Å². The molecule has 0 spiro atoms. The van der Waals surface area contributed by atoms with Gasteiger partial charge in [-0.25, -0.2) is 4.68 Å². The van der Waals surface area contributed by atoms with Gasteiger partial charge >= 0.3 is 0 Å². The lowest BCUT2D eigenvalue weighted by Crippen LogP contribution is -2.17. The summed E-state index contributed by atoms with van der Waals surface area (Å²) in [6, 6.07) is 10.2. The molecule has 0 aliphatic carbocycles. The van der Waals surface area contributed by atoms with Crippen LogP contribution in [0.4, 0.5) is 0 Å². The van der Waals surface area contributed by atoms with Gasteiger partial charge < -0.3 is 4.74 Å². The van der Waals surface area contributed by atoms with Crippen molar-refractivity contribution in [3.8, 4) is 5.69 Å². The SMILES string of the molecule is [B]CC1OCCc2c1cnn2-c1ccccc1. The van der Waals surface area contributed by atoms with Crippen LogP contribution in [0.25, 0.3) is 5.69 Å². The van der Waals surface area contributed by atoms with Gasteiger partial charge in [0.2, 0.25) is 0 Å². The lowest BCUT2D eigenvalue weighted by Gasteiger charge is -2.22. The molecule has 2 heterocycles. The van der Waals surface area contributed by atoms with Crippen molar-refractivity contribution in [2.45, 2.75) is 18.8 Å². The van der Waals surface area contributed by atoms with Gasteiger partial charge in [0, 0.05) is 12.0 Å². The lowest BCUT2D eigenvalue weighted by molar-refractivity contribution is 0.0550. The Balaban J connectivity index is 2.06. The van der Waals surface area contributed by atoms with Crippen LogP contribution in [0.1, 0.15) is 17.4 Å². The zero-order valence-corrected chi connectivity index (χ0v) is 9.54. The number of benzene rings is 1. The maximum Gasteiger partial charge on any atom is 0.0781 e. The molecule has 0 saturated carbocycles. The van der Waals surface area contributed by atoms with Crippen molar-refractivity contribution < 1.29 is 4.74 Å². The van der Waals surface area contributed by atoms with Crippen LogP contribution in [0, 0.1) is 0 Å². The maximum atomic E-state index is 5.70. The smallest absolute Gasteiger partial charge is 0.0781 e. The summed E-state index contributed by atoms with van der Waals surface area (Å²) in [6.45, 7) is 0.716. The van der Waals surface area contributed by atoms with E-state index in [2.05, 4.69) is 17.2 Å². The number of hydrogen-bond donors (Lipinski definition) is 0. The van der Waals surface area contributed by atoms with E-state index in [9.17, 15) is 0 Å². The number of ether oxygens (including phenoxy) is 1. The average Bonchev–Trinajstić information content (AvgIpc) is 2.83. The lowest BCUT2D eigenvalue weighted by atomic mass is 9.92. The number of hydrogen-bond acceptors (Lipinski definition) is 2. The second kappa shape index (κ2) is 4.38. The van der Waals surface area contributed by atoms with Crippen LogP contribution in [0.3, 0.4) is 0 Å². The van der Waals surface area contributed by atoms with E-state index in [0.717, 1.165) is 17.7 Å². The largest absolute Gasteiger partial charge is 0.374 e. The van der Waals surface area contributed by atoms with Crippen LogP contribution in [0.2, 0.25) is 6.32 Å². The topological polar surface area (TPSA) is 27.1 Å². The number of rotatable bonds is 2. The molecule has 3 nitrogen and oxygen atoms in total. The average molecular weight is 224 g/mol. The van der Waals surface area contributed by atoms with Crippen LogP contribution in [0.5, 0.6) is 0 Å². The Labute approximate surface area is 102 Å². The van der Waals surface area contributed by atoms with E-state index in [1.807, 2.05) is 29.1 Å². The van der Waals surface area contributed by atoms with Crippen LogP contribution in [-0.2, 0) is 11.2 Å². The van der Waals surface area contributed by atoms with Gasteiger partial charge in [-0.05, 0) is 12.1 Å². The zero-order valence-electron chi connectivity index (χ0n) is 9.54. The van der Waals surface area contributed by atoms with E-state index < -0.39 is 0 Å². The van der Waals surface area contributed by atoms with Crippen molar-refractivity contribution in [1.82, 2.24) is 9.78 Å². The summed E-state index contributed by atoms with van der Waals surface area (Å²) in [5.74, 6) is 0. The molecule has 1 aromatic heterocycles. The molecule has 2 aromatic rings. The van der Waals surface area contributed by atoms with E-state index in [4.69, 9.17) is 12.6 Å². The third-order valence-electron chi connectivity index (χ3n) is 3.12. The third-order valence-corrected chi connectivity index (χ3v) is 3.12. The number of aromatic nitrogens is 2. The van der Waals surface area contributed by atoms with Gasteiger partial charge in [0.05, 0.1) is 38.1 Å². The molecule has 0 bridgehead atoms. The first-order valence-electron chi connectivity index (χ1n) is 5.84. The Bertz CT molecular complexity index is 509. The molecule has 1 unspecified atom stereocenters. The first-order chi connectivity index (χ1) is 8.40. The highest BCUT2D eigenvalue weighted by atomic mass is 16.5. The fourth-order valence-corrected chi connectivity index (χ4v) is 2.28. The Kier molecular flexibility index (Phi) is 2.73. The molecule has 1 aliphatic heterocycles. The Morgan fingerprint density at radius 2 is 2.18 bits per heavy atom. The minimum atomic E-state index is -0.00351. The minimum Gasteiger partial charge on any atom is -0.374 e. The molecular weight excluding hydrogens is 211 g/mol. The Hall–Kier alpha value is -1.55. The van der Waals surface area contributed by atoms with Crippen LogP contribution < -0.4 is 0 Å². The monoisotopic (exact) mass is 224 g/mol. The van der Waals surface area contributed by atoms with E-state index in [-0.39, 0.29) is 6.10 Å². The highest BCUT2D eigenvalue weighted by molar-refractivity contribution is 6.08. The zero-order chi connectivity index (χ0) is 11.7. The fourth-order valence-electron chi connectivity index (χ4n) is 2.28. The molecule has 1 aromatic carbocycles. The van der Waals surface area contributed by atoms with Gasteiger partial charge in [0.15, 0.2) is 0 Å². The van der Waals surface area contributed by atoms with Crippen molar-refractivity contribution in [2.75, 3.05) is 6.61 Å². The van der Waals surface area contributed by atoms with E-state index in [1.54, 1.807) is 0 Å². The van der Waals surface area contributed by atoms with E-state index in [0.29, 0.717) is 12.9 Å². The van der Waals surface area contributed by atoms with Gasteiger partial charge in [-0.1, -0.05) is 24.5 Å². The second-order valence-corrected chi connectivity index (χ2v) is 4.14. The van der Waals surface area contributed by atoms with Gasteiger partial charge in [-0.15, -0.1) is 0 Å². The molecule has 84 valence electrons. The summed E-state index contributed by atoms with van der Waals surface area (Å²) < 4.78 is 7.61. The van der Waals surface area contributed by atoms with Crippen LogP contribution >= 0.6 is 0 Å². The molecule has 17 heavy (non-hydrogen) atoms. The molecule has 2 radical (unpaired) electrons. The van der Waals surface area contributed by atoms with Crippen molar-refractivity contribution in [2.24, 2.45) is 0 Å². The molecular formula is C13H13BN2O. The van der Waals surface area contributed by atoms with Crippen molar-refractivity contribution >= 4 is 7.85 Å². The minimum absolute atomic E-state index is 0.00351.